The minimum absolute atomic E-state index is 0.231. The van der Waals surface area contributed by atoms with E-state index in [1.165, 1.54) is 5.56 Å². The zero-order valence-corrected chi connectivity index (χ0v) is 14.4. The van der Waals surface area contributed by atoms with E-state index in [1.807, 2.05) is 0 Å². The molecule has 1 heterocycles. The van der Waals surface area contributed by atoms with Gasteiger partial charge in [-0.05, 0) is 23.7 Å². The molecule has 20 heavy (non-hydrogen) atoms. The lowest BCUT2D eigenvalue weighted by Gasteiger charge is -2.37. The van der Waals surface area contributed by atoms with Gasteiger partial charge in [-0.2, -0.15) is 0 Å². The maximum Gasteiger partial charge on any atom is 0.250 e. The highest BCUT2D eigenvalue weighted by molar-refractivity contribution is 6.74. The fourth-order valence-electron chi connectivity index (χ4n) is 2.02. The first-order valence-corrected chi connectivity index (χ1v) is 10.3. The molecular weight excluding hydrogens is 262 g/mol. The van der Waals surface area contributed by atoms with Crippen LogP contribution in [0.4, 0.5) is 0 Å². The van der Waals surface area contributed by atoms with E-state index in [9.17, 15) is 0 Å². The number of benzene rings is 1. The summed E-state index contributed by atoms with van der Waals surface area (Å²) in [6.07, 6.45) is 0. The maximum atomic E-state index is 6.30. The van der Waals surface area contributed by atoms with Gasteiger partial charge in [0, 0.05) is 13.1 Å². The Labute approximate surface area is 124 Å². The van der Waals surface area contributed by atoms with Crippen LogP contribution in [0, 0.1) is 0 Å². The molecule has 0 N–H and O–H groups in total. The molecule has 1 saturated heterocycles. The number of nitrogens with zero attached hydrogens (tertiary/aromatic N) is 1. The first-order chi connectivity index (χ1) is 9.21. The van der Waals surface area contributed by atoms with Gasteiger partial charge in [-0.25, -0.2) is 0 Å². The Morgan fingerprint density at radius 3 is 2.45 bits per heavy atom. The van der Waals surface area contributed by atoms with Crippen LogP contribution in [0.5, 0.6) is 0 Å². The van der Waals surface area contributed by atoms with Gasteiger partial charge in [-0.1, -0.05) is 57.7 Å². The molecule has 3 heteroatoms. The van der Waals surface area contributed by atoms with Gasteiger partial charge in [0.15, 0.2) is 0 Å². The van der Waals surface area contributed by atoms with Crippen LogP contribution in [0.25, 0.3) is 0 Å². The Morgan fingerprint density at radius 2 is 1.90 bits per heavy atom. The summed E-state index contributed by atoms with van der Waals surface area (Å²) in [6, 6.07) is 11.0. The highest BCUT2D eigenvalue weighted by Gasteiger charge is 2.44. The molecule has 110 valence electrons. The highest BCUT2D eigenvalue weighted by Crippen LogP contribution is 2.40. The molecular formula is C17H27NOSi. The van der Waals surface area contributed by atoms with E-state index < -0.39 is 8.32 Å². The molecule has 0 aromatic heterocycles. The molecule has 1 fully saturated rings. The van der Waals surface area contributed by atoms with Crippen molar-refractivity contribution in [3.8, 4) is 0 Å². The van der Waals surface area contributed by atoms with E-state index in [1.54, 1.807) is 0 Å². The van der Waals surface area contributed by atoms with E-state index in [0.29, 0.717) is 6.04 Å². The Kier molecular flexibility index (Phi) is 4.12. The summed E-state index contributed by atoms with van der Waals surface area (Å²) < 4.78 is 6.30. The number of rotatable bonds is 5. The highest BCUT2D eigenvalue weighted by atomic mass is 28.4. The van der Waals surface area contributed by atoms with Crippen molar-refractivity contribution in [2.75, 3.05) is 6.54 Å². The normalized spacial score (nSPS) is 22.4. The average Bonchev–Trinajstić information content (AvgIpc) is 3.07. The lowest BCUT2D eigenvalue weighted by Crippen LogP contribution is -2.41. The Bertz CT molecular complexity index is 476. The van der Waals surface area contributed by atoms with E-state index in [0.717, 1.165) is 18.8 Å². The van der Waals surface area contributed by atoms with Crippen molar-refractivity contribution in [1.29, 1.82) is 0 Å². The molecule has 2 nitrogen and oxygen atoms in total. The standard InChI is InChI=1S/C17H27NOSi/c1-14(19-20(5,6)17(2,3)4)16-13-18(16)12-15-10-8-7-9-11-15/h7-11,16H,1,12-13H2,2-6H3. The zero-order chi connectivity index (χ0) is 15.0. The van der Waals surface area contributed by atoms with Gasteiger partial charge in [-0.15, -0.1) is 0 Å². The molecule has 0 saturated carbocycles. The Morgan fingerprint density at radius 1 is 1.30 bits per heavy atom. The molecule has 2 rings (SSSR count). The lowest BCUT2D eigenvalue weighted by molar-refractivity contribution is 0.351. The van der Waals surface area contributed by atoms with Gasteiger partial charge in [0.25, 0.3) is 0 Å². The van der Waals surface area contributed by atoms with Crippen molar-refractivity contribution < 1.29 is 4.43 Å². The molecule has 0 bridgehead atoms. The average molecular weight is 289 g/mol. The SMILES string of the molecule is C=C(O[Si](C)(C)C(C)(C)C)C1CN1Cc1ccccc1. The van der Waals surface area contributed by atoms with Crippen LogP contribution >= 0.6 is 0 Å². The smallest absolute Gasteiger partial charge is 0.250 e. The second kappa shape index (κ2) is 5.38. The molecule has 0 aliphatic carbocycles. The third-order valence-electron chi connectivity index (χ3n) is 4.51. The molecule has 1 aliphatic heterocycles. The van der Waals surface area contributed by atoms with Gasteiger partial charge < -0.3 is 4.43 Å². The summed E-state index contributed by atoms with van der Waals surface area (Å²) in [5.74, 6) is 0.965. The predicted octanol–water partition coefficient (Wildman–Crippen LogP) is 4.41. The molecule has 2 atom stereocenters. The van der Waals surface area contributed by atoms with E-state index >= 15 is 0 Å². The lowest BCUT2D eigenvalue weighted by atomic mass is 10.2. The van der Waals surface area contributed by atoms with Gasteiger partial charge in [0.05, 0.1) is 11.8 Å². The summed E-state index contributed by atoms with van der Waals surface area (Å²) in [4.78, 5) is 2.41. The van der Waals surface area contributed by atoms with E-state index in [-0.39, 0.29) is 5.04 Å². The third kappa shape index (κ3) is 3.52. The van der Waals surface area contributed by atoms with Gasteiger partial charge in [-0.3, -0.25) is 4.90 Å². The minimum atomic E-state index is -1.74. The van der Waals surface area contributed by atoms with Crippen LogP contribution in [0.1, 0.15) is 26.3 Å². The van der Waals surface area contributed by atoms with Crippen LogP contribution in [-0.2, 0) is 11.0 Å². The van der Waals surface area contributed by atoms with Gasteiger partial charge in [0.2, 0.25) is 8.32 Å². The molecule has 1 aromatic carbocycles. The third-order valence-corrected chi connectivity index (χ3v) is 8.89. The summed E-state index contributed by atoms with van der Waals surface area (Å²) in [7, 11) is -1.74. The predicted molar refractivity (Wildman–Crippen MR) is 88.1 cm³/mol. The van der Waals surface area contributed by atoms with Crippen LogP contribution in [-0.4, -0.2) is 25.8 Å². The van der Waals surface area contributed by atoms with Crippen molar-refractivity contribution in [2.45, 2.75) is 51.5 Å². The second-order valence-corrected chi connectivity index (χ2v) is 12.0. The fraction of sp³-hybridized carbons (Fsp3) is 0.529. The summed E-state index contributed by atoms with van der Waals surface area (Å²) in [5, 5.41) is 0.231. The van der Waals surface area contributed by atoms with Crippen molar-refractivity contribution in [3.63, 3.8) is 0 Å². The Hall–Kier alpha value is -1.06. The van der Waals surface area contributed by atoms with Crippen LogP contribution < -0.4 is 0 Å². The summed E-state index contributed by atoms with van der Waals surface area (Å²) in [6.45, 7) is 17.6. The van der Waals surface area contributed by atoms with Crippen LogP contribution in [0.3, 0.4) is 0 Å². The molecule has 0 amide bonds. The van der Waals surface area contributed by atoms with E-state index in [4.69, 9.17) is 4.43 Å². The van der Waals surface area contributed by atoms with Gasteiger partial charge >= 0.3 is 0 Å². The number of hydrogen-bond donors (Lipinski definition) is 0. The van der Waals surface area contributed by atoms with Gasteiger partial charge in [0.1, 0.15) is 0 Å². The topological polar surface area (TPSA) is 12.2 Å². The molecule has 1 aromatic rings. The van der Waals surface area contributed by atoms with Crippen LogP contribution in [0.15, 0.2) is 42.7 Å². The minimum Gasteiger partial charge on any atom is -0.546 e. The zero-order valence-electron chi connectivity index (χ0n) is 13.4. The fourth-order valence-corrected chi connectivity index (χ4v) is 3.12. The van der Waals surface area contributed by atoms with Crippen molar-refractivity contribution in [2.24, 2.45) is 0 Å². The van der Waals surface area contributed by atoms with Crippen LogP contribution in [0.2, 0.25) is 18.1 Å². The first-order valence-electron chi connectivity index (χ1n) is 7.36. The second-order valence-electron chi connectivity index (χ2n) is 7.26. The summed E-state index contributed by atoms with van der Waals surface area (Å²) >= 11 is 0. The van der Waals surface area contributed by atoms with E-state index in [2.05, 4.69) is 75.7 Å². The maximum absolute atomic E-state index is 6.30. The molecule has 1 aliphatic rings. The van der Waals surface area contributed by atoms with Crippen molar-refractivity contribution >= 4 is 8.32 Å². The molecule has 0 radical (unpaired) electrons. The van der Waals surface area contributed by atoms with Crippen molar-refractivity contribution in [3.05, 3.63) is 48.2 Å². The largest absolute Gasteiger partial charge is 0.546 e. The molecule has 2 unspecified atom stereocenters. The molecule has 0 spiro atoms. The van der Waals surface area contributed by atoms with Crippen molar-refractivity contribution in [1.82, 2.24) is 4.90 Å². The monoisotopic (exact) mass is 289 g/mol. The summed E-state index contributed by atoms with van der Waals surface area (Å²) in [5.41, 5.74) is 1.36. The number of hydrogen-bond acceptors (Lipinski definition) is 2. The quantitative estimate of drug-likeness (QED) is 0.452. The Balaban J connectivity index is 1.88. The first kappa shape index (κ1) is 15.3.